The number of nitrogens with zero attached hydrogens (tertiary/aromatic N) is 1. The van der Waals surface area contributed by atoms with Gasteiger partial charge in [-0.25, -0.2) is 13.4 Å². The Kier molecular flexibility index (Phi) is 3.75. The maximum Gasteiger partial charge on any atom is 0.270 e. The first-order valence-electron chi connectivity index (χ1n) is 3.94. The predicted octanol–water partition coefficient (Wildman–Crippen LogP) is 0.824. The van der Waals surface area contributed by atoms with Crippen molar-refractivity contribution in [2.45, 2.75) is 17.2 Å². The summed E-state index contributed by atoms with van der Waals surface area (Å²) in [7, 11) is -3.74. The van der Waals surface area contributed by atoms with Crippen LogP contribution >= 0.6 is 23.2 Å². The van der Waals surface area contributed by atoms with Crippen LogP contribution in [0.2, 0.25) is 5.02 Å². The summed E-state index contributed by atoms with van der Waals surface area (Å²) in [5, 5.41) is -1.71. The molecule has 1 atom stereocenters. The van der Waals surface area contributed by atoms with Gasteiger partial charge in [0.2, 0.25) is 9.84 Å². The van der Waals surface area contributed by atoms with Gasteiger partial charge in [0, 0.05) is 5.88 Å². The lowest BCUT2D eigenvalue weighted by Gasteiger charge is -2.08. The number of sulfone groups is 1. The van der Waals surface area contributed by atoms with Gasteiger partial charge in [-0.1, -0.05) is 11.6 Å². The van der Waals surface area contributed by atoms with E-state index in [9.17, 15) is 13.2 Å². The summed E-state index contributed by atoms with van der Waals surface area (Å²) >= 11 is 11.0. The van der Waals surface area contributed by atoms with Crippen molar-refractivity contribution < 1.29 is 8.42 Å². The van der Waals surface area contributed by atoms with E-state index in [0.29, 0.717) is 0 Å². The highest BCUT2D eigenvalue weighted by Crippen LogP contribution is 2.19. The number of aromatic amines is 1. The second-order valence-electron chi connectivity index (χ2n) is 2.86. The highest BCUT2D eigenvalue weighted by molar-refractivity contribution is 7.92. The Morgan fingerprint density at radius 1 is 1.60 bits per heavy atom. The minimum absolute atomic E-state index is 0.0901. The third-order valence-electron chi connectivity index (χ3n) is 1.78. The van der Waals surface area contributed by atoms with Crippen molar-refractivity contribution in [1.29, 1.82) is 0 Å². The van der Waals surface area contributed by atoms with Gasteiger partial charge < -0.3 is 4.98 Å². The zero-order chi connectivity index (χ0) is 11.6. The number of hydrogen-bond acceptors (Lipinski definition) is 4. The number of H-pyrrole nitrogens is 1. The van der Waals surface area contributed by atoms with Crippen molar-refractivity contribution in [2.24, 2.45) is 0 Å². The maximum absolute atomic E-state index is 11.8. The Balaban J connectivity index is 3.41. The SMILES string of the molecule is CC(CCl)S(=O)(=O)c1nc[nH]c(=O)c1Cl. The van der Waals surface area contributed by atoms with Gasteiger partial charge in [0.05, 0.1) is 11.6 Å². The summed E-state index contributed by atoms with van der Waals surface area (Å²) in [5.41, 5.74) is -0.688. The fourth-order valence-corrected chi connectivity index (χ4v) is 2.85. The summed E-state index contributed by atoms with van der Waals surface area (Å²) in [4.78, 5) is 16.8. The van der Waals surface area contributed by atoms with Crippen molar-refractivity contribution in [3.63, 3.8) is 0 Å². The van der Waals surface area contributed by atoms with E-state index in [4.69, 9.17) is 23.2 Å². The van der Waals surface area contributed by atoms with Crippen molar-refractivity contribution in [1.82, 2.24) is 9.97 Å². The summed E-state index contributed by atoms with van der Waals surface area (Å²) in [6.45, 7) is 1.42. The van der Waals surface area contributed by atoms with Crippen LogP contribution in [0.5, 0.6) is 0 Å². The smallest absolute Gasteiger partial charge is 0.270 e. The molecule has 1 N–H and O–H groups in total. The average Bonchev–Trinajstić information content (AvgIpc) is 2.20. The van der Waals surface area contributed by atoms with E-state index in [1.54, 1.807) is 0 Å². The van der Waals surface area contributed by atoms with Gasteiger partial charge in [0.25, 0.3) is 5.56 Å². The Bertz CT molecular complexity index is 511. The lowest BCUT2D eigenvalue weighted by Crippen LogP contribution is -2.23. The van der Waals surface area contributed by atoms with Crippen LogP contribution in [0.4, 0.5) is 0 Å². The third kappa shape index (κ3) is 2.32. The van der Waals surface area contributed by atoms with Gasteiger partial charge in [-0.05, 0) is 6.92 Å². The molecule has 1 heterocycles. The first-order chi connectivity index (χ1) is 6.91. The van der Waals surface area contributed by atoms with Crippen LogP contribution < -0.4 is 5.56 Å². The second kappa shape index (κ2) is 4.51. The van der Waals surface area contributed by atoms with E-state index < -0.39 is 30.7 Å². The molecule has 15 heavy (non-hydrogen) atoms. The van der Waals surface area contributed by atoms with Crippen molar-refractivity contribution >= 4 is 33.0 Å². The minimum atomic E-state index is -3.74. The van der Waals surface area contributed by atoms with Gasteiger partial charge in [0.1, 0.15) is 5.02 Å². The van der Waals surface area contributed by atoms with E-state index in [-0.39, 0.29) is 5.88 Å². The lowest BCUT2D eigenvalue weighted by molar-refractivity contribution is 0.583. The molecule has 0 saturated heterocycles. The monoisotopic (exact) mass is 270 g/mol. The highest BCUT2D eigenvalue weighted by atomic mass is 35.5. The van der Waals surface area contributed by atoms with E-state index in [1.165, 1.54) is 6.92 Å². The van der Waals surface area contributed by atoms with Crippen molar-refractivity contribution in [2.75, 3.05) is 5.88 Å². The number of hydrogen-bond donors (Lipinski definition) is 1. The molecule has 0 spiro atoms. The van der Waals surface area contributed by atoms with Crippen LogP contribution in [0.3, 0.4) is 0 Å². The van der Waals surface area contributed by atoms with Crippen LogP contribution in [0.15, 0.2) is 16.1 Å². The number of nitrogens with one attached hydrogen (secondary N) is 1. The minimum Gasteiger partial charge on any atom is -0.312 e. The molecule has 0 fully saturated rings. The Hall–Kier alpha value is -0.590. The van der Waals surface area contributed by atoms with E-state index in [0.717, 1.165) is 6.33 Å². The standard InChI is InChI=1S/C7H8Cl2N2O3S/c1-4(2-8)15(13,14)7-5(9)6(12)10-3-11-7/h3-4H,2H2,1H3,(H,10,11,12). The largest absolute Gasteiger partial charge is 0.312 e. The van der Waals surface area contributed by atoms with Crippen molar-refractivity contribution in [3.05, 3.63) is 21.7 Å². The lowest BCUT2D eigenvalue weighted by atomic mass is 10.6. The highest BCUT2D eigenvalue weighted by Gasteiger charge is 2.27. The molecule has 1 unspecified atom stereocenters. The number of halogens is 2. The molecule has 0 aliphatic carbocycles. The average molecular weight is 271 g/mol. The Morgan fingerprint density at radius 3 is 2.73 bits per heavy atom. The summed E-state index contributed by atoms with van der Waals surface area (Å²) in [6, 6.07) is 0. The molecule has 1 aromatic rings. The molecular weight excluding hydrogens is 263 g/mol. The topological polar surface area (TPSA) is 79.9 Å². The van der Waals surface area contributed by atoms with Gasteiger partial charge in [-0.15, -0.1) is 11.6 Å². The Morgan fingerprint density at radius 2 is 2.20 bits per heavy atom. The fraction of sp³-hybridized carbons (Fsp3) is 0.429. The predicted molar refractivity (Wildman–Crippen MR) is 57.2 cm³/mol. The summed E-state index contributed by atoms with van der Waals surface area (Å²) in [5.74, 6) is -0.0901. The molecule has 8 heteroatoms. The molecule has 0 radical (unpaired) electrons. The second-order valence-corrected chi connectivity index (χ2v) is 5.83. The van der Waals surface area contributed by atoms with Gasteiger partial charge in [-0.2, -0.15) is 0 Å². The van der Waals surface area contributed by atoms with Gasteiger partial charge in [0.15, 0.2) is 5.03 Å². The molecule has 0 aliphatic rings. The van der Waals surface area contributed by atoms with Crippen LogP contribution in [0, 0.1) is 0 Å². The van der Waals surface area contributed by atoms with E-state index in [1.807, 2.05) is 0 Å². The van der Waals surface area contributed by atoms with Gasteiger partial charge in [-0.3, -0.25) is 4.79 Å². The Labute approximate surface area is 96.4 Å². The summed E-state index contributed by atoms with van der Waals surface area (Å²) < 4.78 is 23.5. The molecule has 5 nitrogen and oxygen atoms in total. The van der Waals surface area contributed by atoms with Crippen LogP contribution in [0.25, 0.3) is 0 Å². The molecule has 1 aromatic heterocycles. The molecule has 84 valence electrons. The van der Waals surface area contributed by atoms with Crippen molar-refractivity contribution in [3.8, 4) is 0 Å². The number of alkyl halides is 1. The molecule has 0 aromatic carbocycles. The van der Waals surface area contributed by atoms with Crippen LogP contribution in [-0.2, 0) is 9.84 Å². The van der Waals surface area contributed by atoms with Gasteiger partial charge >= 0.3 is 0 Å². The quantitative estimate of drug-likeness (QED) is 0.652. The first kappa shape index (κ1) is 12.5. The third-order valence-corrected chi connectivity index (χ3v) is 4.96. The fourth-order valence-electron chi connectivity index (χ4n) is 0.839. The summed E-state index contributed by atoms with van der Waals surface area (Å²) in [6.07, 6.45) is 0.988. The normalized spacial score (nSPS) is 13.8. The molecule has 0 saturated carbocycles. The van der Waals surface area contributed by atoms with Crippen LogP contribution in [-0.4, -0.2) is 29.5 Å². The van der Waals surface area contributed by atoms with Crippen LogP contribution in [0.1, 0.15) is 6.92 Å². The van der Waals surface area contributed by atoms with E-state index in [2.05, 4.69) is 9.97 Å². The molecule has 0 amide bonds. The zero-order valence-electron chi connectivity index (χ0n) is 7.70. The zero-order valence-corrected chi connectivity index (χ0v) is 10.0. The first-order valence-corrected chi connectivity index (χ1v) is 6.40. The molecule has 1 rings (SSSR count). The number of rotatable bonds is 3. The number of aromatic nitrogens is 2. The molecular formula is C7H8Cl2N2O3S. The van der Waals surface area contributed by atoms with E-state index >= 15 is 0 Å². The molecule has 0 aliphatic heterocycles. The maximum atomic E-state index is 11.8. The molecule has 0 bridgehead atoms.